The van der Waals surface area contributed by atoms with Crippen molar-refractivity contribution in [1.82, 2.24) is 5.32 Å². The fourth-order valence-corrected chi connectivity index (χ4v) is 1.33. The molecule has 1 amide bonds. The second kappa shape index (κ2) is 4.87. The lowest BCUT2D eigenvalue weighted by Crippen LogP contribution is -2.53. The molecule has 0 radical (unpaired) electrons. The highest BCUT2D eigenvalue weighted by atomic mass is 19.4. The van der Waals surface area contributed by atoms with Crippen molar-refractivity contribution in [2.24, 2.45) is 0 Å². The number of carboxylic acids is 1. The maximum atomic E-state index is 12.7. The van der Waals surface area contributed by atoms with Gasteiger partial charge in [-0.3, -0.25) is 4.79 Å². The monoisotopic (exact) mass is 279 g/mol. The van der Waals surface area contributed by atoms with E-state index in [0.717, 1.165) is 31.2 Å². The summed E-state index contributed by atoms with van der Waals surface area (Å²) in [6.45, 7) is 0.881. The summed E-state index contributed by atoms with van der Waals surface area (Å²) in [7, 11) is 0. The standard InChI is InChI=1S/C11H9F4NO3/c1-10(9(18)19,16-8(17)11(13,14)15)6-2-4-7(12)5-3-6/h2-5H,1H3,(H,16,17)(H,18,19). The summed E-state index contributed by atoms with van der Waals surface area (Å²) in [5.41, 5.74) is -2.49. The Labute approximate surface area is 105 Å². The minimum atomic E-state index is -5.21. The lowest BCUT2D eigenvalue weighted by Gasteiger charge is -2.27. The van der Waals surface area contributed by atoms with Gasteiger partial charge in [0.25, 0.3) is 0 Å². The topological polar surface area (TPSA) is 66.4 Å². The third-order valence-electron chi connectivity index (χ3n) is 2.47. The molecular formula is C11H9F4NO3. The number of carbonyl (C=O) groups is 2. The molecular weight excluding hydrogens is 270 g/mol. The second-order valence-electron chi connectivity index (χ2n) is 3.89. The van der Waals surface area contributed by atoms with Crippen LogP contribution in [0.2, 0.25) is 0 Å². The van der Waals surface area contributed by atoms with E-state index in [2.05, 4.69) is 0 Å². The summed E-state index contributed by atoms with van der Waals surface area (Å²) < 4.78 is 49.2. The van der Waals surface area contributed by atoms with E-state index in [0.29, 0.717) is 0 Å². The van der Waals surface area contributed by atoms with Gasteiger partial charge in [0.15, 0.2) is 5.54 Å². The number of carboxylic acid groups (broad SMARTS) is 1. The summed E-state index contributed by atoms with van der Waals surface area (Å²) in [4.78, 5) is 21.9. The van der Waals surface area contributed by atoms with Crippen molar-refractivity contribution < 1.29 is 32.3 Å². The zero-order chi connectivity index (χ0) is 14.8. The van der Waals surface area contributed by atoms with Gasteiger partial charge in [-0.25, -0.2) is 9.18 Å². The van der Waals surface area contributed by atoms with E-state index in [1.54, 1.807) is 0 Å². The third-order valence-corrected chi connectivity index (χ3v) is 2.47. The van der Waals surface area contributed by atoms with Gasteiger partial charge in [0.1, 0.15) is 5.82 Å². The van der Waals surface area contributed by atoms with Crippen LogP contribution in [0.3, 0.4) is 0 Å². The SMILES string of the molecule is CC(NC(=O)C(F)(F)F)(C(=O)O)c1ccc(F)cc1. The van der Waals surface area contributed by atoms with Crippen LogP contribution in [0.5, 0.6) is 0 Å². The molecule has 0 aliphatic rings. The number of benzene rings is 1. The number of alkyl halides is 3. The first kappa shape index (κ1) is 14.9. The van der Waals surface area contributed by atoms with Gasteiger partial charge in [-0.2, -0.15) is 13.2 Å². The number of hydrogen-bond acceptors (Lipinski definition) is 2. The van der Waals surface area contributed by atoms with Crippen LogP contribution < -0.4 is 5.32 Å². The second-order valence-corrected chi connectivity index (χ2v) is 3.89. The third kappa shape index (κ3) is 3.21. The Bertz CT molecular complexity index is 498. The van der Waals surface area contributed by atoms with Crippen molar-refractivity contribution >= 4 is 11.9 Å². The number of carbonyl (C=O) groups excluding carboxylic acids is 1. The molecule has 0 aliphatic heterocycles. The van der Waals surface area contributed by atoms with Gasteiger partial charge >= 0.3 is 18.1 Å². The molecule has 19 heavy (non-hydrogen) atoms. The number of halogens is 4. The number of rotatable bonds is 3. The molecule has 0 aliphatic carbocycles. The highest BCUT2D eigenvalue weighted by Gasteiger charge is 2.46. The molecule has 1 unspecified atom stereocenters. The van der Waals surface area contributed by atoms with Gasteiger partial charge in [0, 0.05) is 0 Å². The molecule has 1 atom stereocenters. The van der Waals surface area contributed by atoms with Crippen molar-refractivity contribution in [3.8, 4) is 0 Å². The van der Waals surface area contributed by atoms with E-state index in [-0.39, 0.29) is 5.56 Å². The highest BCUT2D eigenvalue weighted by molar-refractivity contribution is 5.90. The maximum Gasteiger partial charge on any atom is 0.471 e. The fraction of sp³-hybridized carbons (Fsp3) is 0.273. The number of nitrogens with one attached hydrogen (secondary N) is 1. The molecule has 1 aromatic rings. The Morgan fingerprint density at radius 1 is 1.16 bits per heavy atom. The molecule has 0 aromatic heterocycles. The molecule has 0 fully saturated rings. The van der Waals surface area contributed by atoms with E-state index in [4.69, 9.17) is 5.11 Å². The van der Waals surface area contributed by atoms with Crippen LogP contribution in [-0.4, -0.2) is 23.2 Å². The van der Waals surface area contributed by atoms with Gasteiger partial charge in [0.05, 0.1) is 0 Å². The summed E-state index contributed by atoms with van der Waals surface area (Å²) in [6, 6.07) is 3.74. The van der Waals surface area contributed by atoms with Crippen LogP contribution in [0.15, 0.2) is 24.3 Å². The Balaban J connectivity index is 3.15. The lowest BCUT2D eigenvalue weighted by atomic mass is 9.92. The van der Waals surface area contributed by atoms with Gasteiger partial charge in [-0.1, -0.05) is 12.1 Å². The van der Waals surface area contributed by atoms with E-state index in [1.807, 2.05) is 0 Å². The van der Waals surface area contributed by atoms with Crippen LogP contribution >= 0.6 is 0 Å². The van der Waals surface area contributed by atoms with Crippen LogP contribution in [0.4, 0.5) is 17.6 Å². The Hall–Kier alpha value is -2.12. The lowest BCUT2D eigenvalue weighted by molar-refractivity contribution is -0.177. The van der Waals surface area contributed by atoms with Crippen LogP contribution in [0, 0.1) is 5.82 Å². The Morgan fingerprint density at radius 2 is 1.63 bits per heavy atom. The summed E-state index contributed by atoms with van der Waals surface area (Å²) >= 11 is 0. The molecule has 8 heteroatoms. The van der Waals surface area contributed by atoms with E-state index in [9.17, 15) is 27.2 Å². The van der Waals surface area contributed by atoms with Crippen molar-refractivity contribution in [3.05, 3.63) is 35.6 Å². The highest BCUT2D eigenvalue weighted by Crippen LogP contribution is 2.24. The van der Waals surface area contributed by atoms with Crippen LogP contribution in [0.25, 0.3) is 0 Å². The average Bonchev–Trinajstić information content (AvgIpc) is 2.28. The smallest absolute Gasteiger partial charge is 0.471 e. The first-order valence-electron chi connectivity index (χ1n) is 4.96. The van der Waals surface area contributed by atoms with Crippen LogP contribution in [-0.2, 0) is 15.1 Å². The quantitative estimate of drug-likeness (QED) is 0.829. The minimum Gasteiger partial charge on any atom is -0.479 e. The molecule has 0 saturated carbocycles. The van der Waals surface area contributed by atoms with E-state index < -0.39 is 29.4 Å². The minimum absolute atomic E-state index is 0.181. The average molecular weight is 279 g/mol. The molecule has 0 heterocycles. The molecule has 1 rings (SSSR count). The number of aliphatic carboxylic acids is 1. The number of amides is 1. The summed E-state index contributed by atoms with van der Waals surface area (Å²) in [5.74, 6) is -4.77. The largest absolute Gasteiger partial charge is 0.479 e. The Kier molecular flexibility index (Phi) is 3.83. The van der Waals surface area contributed by atoms with Gasteiger partial charge in [0.2, 0.25) is 0 Å². The molecule has 0 saturated heterocycles. The molecule has 0 spiro atoms. The van der Waals surface area contributed by atoms with Crippen molar-refractivity contribution in [2.75, 3.05) is 0 Å². The maximum absolute atomic E-state index is 12.7. The zero-order valence-corrected chi connectivity index (χ0v) is 9.58. The zero-order valence-electron chi connectivity index (χ0n) is 9.58. The van der Waals surface area contributed by atoms with E-state index >= 15 is 0 Å². The fourth-order valence-electron chi connectivity index (χ4n) is 1.33. The molecule has 1 aromatic carbocycles. The first-order chi connectivity index (χ1) is 8.57. The molecule has 2 N–H and O–H groups in total. The molecule has 0 bridgehead atoms. The van der Waals surface area contributed by atoms with Crippen molar-refractivity contribution in [1.29, 1.82) is 0 Å². The first-order valence-corrected chi connectivity index (χ1v) is 4.96. The van der Waals surface area contributed by atoms with Gasteiger partial charge in [-0.15, -0.1) is 0 Å². The predicted octanol–water partition coefficient (Wildman–Crippen LogP) is 1.80. The van der Waals surface area contributed by atoms with Crippen molar-refractivity contribution in [3.63, 3.8) is 0 Å². The normalized spacial score (nSPS) is 14.6. The summed E-state index contributed by atoms with van der Waals surface area (Å²) in [6.07, 6.45) is -5.21. The molecule has 4 nitrogen and oxygen atoms in total. The van der Waals surface area contributed by atoms with Gasteiger partial charge in [-0.05, 0) is 24.6 Å². The predicted molar refractivity (Wildman–Crippen MR) is 55.6 cm³/mol. The van der Waals surface area contributed by atoms with Crippen molar-refractivity contribution in [2.45, 2.75) is 18.6 Å². The molecule has 104 valence electrons. The number of hydrogen-bond donors (Lipinski definition) is 2. The van der Waals surface area contributed by atoms with Gasteiger partial charge < -0.3 is 10.4 Å². The Morgan fingerprint density at radius 3 is 2.00 bits per heavy atom. The van der Waals surface area contributed by atoms with Crippen LogP contribution in [0.1, 0.15) is 12.5 Å². The summed E-state index contributed by atoms with van der Waals surface area (Å²) in [5, 5.41) is 10.4. The van der Waals surface area contributed by atoms with E-state index in [1.165, 1.54) is 5.32 Å².